The number of amides is 2. The number of nitrogens with zero attached hydrogens (tertiary/aromatic N) is 1. The first-order valence-corrected chi connectivity index (χ1v) is 10.3. The maximum atomic E-state index is 13.1. The maximum Gasteiger partial charge on any atom is 0.261 e. The molecule has 29 heavy (non-hydrogen) atoms. The zero-order valence-electron chi connectivity index (χ0n) is 17.9. The molecule has 1 N–H and O–H groups in total. The van der Waals surface area contributed by atoms with Crippen LogP contribution in [0.1, 0.15) is 43.4 Å². The summed E-state index contributed by atoms with van der Waals surface area (Å²) < 4.78 is 5.70. The number of aryl methyl sites for hydroxylation is 2. The standard InChI is InChI=1S/C24H32N2O3/c1-5-14-25-24(28)22(6-2)26(16-20-9-7-8-19(4)15-20)23(27)17-29-21-12-10-18(3)11-13-21/h7-13,15,22H,5-6,14,16-17H2,1-4H3,(H,25,28)/t22-/m0/s1. The minimum Gasteiger partial charge on any atom is -0.484 e. The highest BCUT2D eigenvalue weighted by Gasteiger charge is 2.28. The maximum absolute atomic E-state index is 13.1. The summed E-state index contributed by atoms with van der Waals surface area (Å²) in [6, 6.07) is 15.0. The van der Waals surface area contributed by atoms with Crippen LogP contribution < -0.4 is 10.1 Å². The molecule has 0 unspecified atom stereocenters. The van der Waals surface area contributed by atoms with Crippen molar-refractivity contribution in [2.24, 2.45) is 0 Å². The van der Waals surface area contributed by atoms with Crippen molar-refractivity contribution in [3.05, 3.63) is 65.2 Å². The Bertz CT molecular complexity index is 802. The molecule has 0 aromatic heterocycles. The van der Waals surface area contributed by atoms with E-state index in [9.17, 15) is 9.59 Å². The molecule has 2 aromatic rings. The van der Waals surface area contributed by atoms with E-state index in [1.54, 1.807) is 4.90 Å². The Morgan fingerprint density at radius 1 is 1.03 bits per heavy atom. The van der Waals surface area contributed by atoms with Gasteiger partial charge in [-0.25, -0.2) is 0 Å². The zero-order chi connectivity index (χ0) is 21.2. The van der Waals surface area contributed by atoms with Crippen molar-refractivity contribution in [3.8, 4) is 5.75 Å². The average Bonchev–Trinajstić information content (AvgIpc) is 2.71. The molecule has 0 aliphatic heterocycles. The Hall–Kier alpha value is -2.82. The highest BCUT2D eigenvalue weighted by Crippen LogP contribution is 2.16. The van der Waals surface area contributed by atoms with Crippen LogP contribution in [0.25, 0.3) is 0 Å². The molecule has 0 saturated carbocycles. The zero-order valence-corrected chi connectivity index (χ0v) is 17.9. The van der Waals surface area contributed by atoms with E-state index < -0.39 is 6.04 Å². The van der Waals surface area contributed by atoms with E-state index >= 15 is 0 Å². The molecule has 2 amide bonds. The lowest BCUT2D eigenvalue weighted by atomic mass is 10.1. The van der Waals surface area contributed by atoms with Crippen LogP contribution in [0.5, 0.6) is 5.75 Å². The molecule has 0 bridgehead atoms. The van der Waals surface area contributed by atoms with Gasteiger partial charge in [-0.05, 0) is 44.4 Å². The molecular formula is C24H32N2O3. The molecule has 2 aromatic carbocycles. The van der Waals surface area contributed by atoms with Gasteiger partial charge in [0.25, 0.3) is 5.91 Å². The normalized spacial score (nSPS) is 11.6. The Labute approximate surface area is 174 Å². The first kappa shape index (κ1) is 22.5. The summed E-state index contributed by atoms with van der Waals surface area (Å²) in [5, 5.41) is 2.92. The summed E-state index contributed by atoms with van der Waals surface area (Å²) in [7, 11) is 0. The van der Waals surface area contributed by atoms with Gasteiger partial charge in [-0.2, -0.15) is 0 Å². The van der Waals surface area contributed by atoms with Gasteiger partial charge >= 0.3 is 0 Å². The summed E-state index contributed by atoms with van der Waals surface area (Å²) in [6.45, 7) is 8.81. The molecular weight excluding hydrogens is 364 g/mol. The summed E-state index contributed by atoms with van der Waals surface area (Å²) in [5.41, 5.74) is 3.24. The minimum absolute atomic E-state index is 0.105. The van der Waals surface area contributed by atoms with E-state index in [2.05, 4.69) is 5.32 Å². The predicted octanol–water partition coefficient (Wildman–Crippen LogP) is 4.02. The van der Waals surface area contributed by atoms with Crippen LogP contribution in [0.2, 0.25) is 0 Å². The fraction of sp³-hybridized carbons (Fsp3) is 0.417. The van der Waals surface area contributed by atoms with Gasteiger partial charge in [0, 0.05) is 13.1 Å². The smallest absolute Gasteiger partial charge is 0.261 e. The van der Waals surface area contributed by atoms with Gasteiger partial charge in [0.15, 0.2) is 6.61 Å². The number of hydrogen-bond donors (Lipinski definition) is 1. The number of ether oxygens (including phenoxy) is 1. The van der Waals surface area contributed by atoms with Crippen LogP contribution in [0.3, 0.4) is 0 Å². The molecule has 0 aliphatic rings. The molecule has 0 heterocycles. The minimum atomic E-state index is -0.531. The molecule has 1 atom stereocenters. The summed E-state index contributed by atoms with van der Waals surface area (Å²) in [5.74, 6) is 0.319. The van der Waals surface area contributed by atoms with Gasteiger partial charge in [0.2, 0.25) is 5.91 Å². The van der Waals surface area contributed by atoms with E-state index in [0.29, 0.717) is 25.3 Å². The Kier molecular flexibility index (Phi) is 8.71. The average molecular weight is 397 g/mol. The molecule has 0 radical (unpaired) electrons. The van der Waals surface area contributed by atoms with E-state index in [1.807, 2.05) is 76.2 Å². The lowest BCUT2D eigenvalue weighted by molar-refractivity contribution is -0.143. The van der Waals surface area contributed by atoms with Crippen molar-refractivity contribution in [2.75, 3.05) is 13.2 Å². The van der Waals surface area contributed by atoms with E-state index in [1.165, 1.54) is 0 Å². The highest BCUT2D eigenvalue weighted by atomic mass is 16.5. The molecule has 0 fully saturated rings. The van der Waals surface area contributed by atoms with Crippen LogP contribution in [0.4, 0.5) is 0 Å². The monoisotopic (exact) mass is 396 g/mol. The number of nitrogens with one attached hydrogen (secondary N) is 1. The largest absolute Gasteiger partial charge is 0.484 e. The fourth-order valence-corrected chi connectivity index (χ4v) is 3.16. The van der Waals surface area contributed by atoms with Crippen molar-refractivity contribution in [1.29, 1.82) is 0 Å². The number of carbonyl (C=O) groups excluding carboxylic acids is 2. The first-order valence-electron chi connectivity index (χ1n) is 10.3. The first-order chi connectivity index (χ1) is 13.9. The molecule has 5 nitrogen and oxygen atoms in total. The SMILES string of the molecule is CCCNC(=O)[C@H](CC)N(Cc1cccc(C)c1)C(=O)COc1ccc(C)cc1. The van der Waals surface area contributed by atoms with Gasteiger partial charge in [-0.1, -0.05) is 61.4 Å². The van der Waals surface area contributed by atoms with Crippen molar-refractivity contribution in [3.63, 3.8) is 0 Å². The Morgan fingerprint density at radius 2 is 1.76 bits per heavy atom. The van der Waals surface area contributed by atoms with Crippen molar-refractivity contribution < 1.29 is 14.3 Å². The topological polar surface area (TPSA) is 58.6 Å². The third kappa shape index (κ3) is 6.93. The quantitative estimate of drug-likeness (QED) is 0.660. The number of benzene rings is 2. The van der Waals surface area contributed by atoms with Crippen LogP contribution in [-0.4, -0.2) is 35.9 Å². The summed E-state index contributed by atoms with van der Waals surface area (Å²) >= 11 is 0. The second-order valence-corrected chi connectivity index (χ2v) is 7.33. The number of hydrogen-bond acceptors (Lipinski definition) is 3. The van der Waals surface area contributed by atoms with Gasteiger partial charge in [0.05, 0.1) is 0 Å². The Morgan fingerprint density at radius 3 is 2.38 bits per heavy atom. The van der Waals surface area contributed by atoms with Gasteiger partial charge < -0.3 is 15.0 Å². The number of rotatable bonds is 10. The second kappa shape index (κ2) is 11.2. The van der Waals surface area contributed by atoms with E-state index in [-0.39, 0.29) is 18.4 Å². The molecule has 0 spiro atoms. The van der Waals surface area contributed by atoms with Gasteiger partial charge in [-0.15, -0.1) is 0 Å². The van der Waals surface area contributed by atoms with Crippen molar-refractivity contribution in [2.45, 2.75) is 53.1 Å². The Balaban J connectivity index is 2.17. The van der Waals surface area contributed by atoms with Gasteiger partial charge in [-0.3, -0.25) is 9.59 Å². The third-order valence-corrected chi connectivity index (χ3v) is 4.75. The highest BCUT2D eigenvalue weighted by molar-refractivity contribution is 5.88. The molecule has 156 valence electrons. The molecule has 0 aliphatic carbocycles. The molecule has 5 heteroatoms. The lowest BCUT2D eigenvalue weighted by Crippen LogP contribution is -2.50. The van der Waals surface area contributed by atoms with Crippen molar-refractivity contribution >= 4 is 11.8 Å². The van der Waals surface area contributed by atoms with Crippen LogP contribution in [-0.2, 0) is 16.1 Å². The van der Waals surface area contributed by atoms with E-state index in [4.69, 9.17) is 4.74 Å². The lowest BCUT2D eigenvalue weighted by Gasteiger charge is -2.30. The molecule has 0 saturated heterocycles. The number of carbonyl (C=O) groups is 2. The summed E-state index contributed by atoms with van der Waals surface area (Å²) in [4.78, 5) is 27.4. The fourth-order valence-electron chi connectivity index (χ4n) is 3.16. The van der Waals surface area contributed by atoms with Crippen LogP contribution >= 0.6 is 0 Å². The van der Waals surface area contributed by atoms with Crippen LogP contribution in [0.15, 0.2) is 48.5 Å². The predicted molar refractivity (Wildman–Crippen MR) is 116 cm³/mol. The van der Waals surface area contributed by atoms with Crippen molar-refractivity contribution in [1.82, 2.24) is 10.2 Å². The summed E-state index contributed by atoms with van der Waals surface area (Å²) in [6.07, 6.45) is 1.39. The van der Waals surface area contributed by atoms with Gasteiger partial charge in [0.1, 0.15) is 11.8 Å². The second-order valence-electron chi connectivity index (χ2n) is 7.33. The third-order valence-electron chi connectivity index (χ3n) is 4.75. The molecule has 2 rings (SSSR count). The van der Waals surface area contributed by atoms with Crippen LogP contribution in [0, 0.1) is 13.8 Å². The van der Waals surface area contributed by atoms with E-state index in [0.717, 1.165) is 23.1 Å².